The number of carbonyl (C=O) groups is 1. The van der Waals surface area contributed by atoms with Gasteiger partial charge >= 0.3 is 0 Å². The molecule has 1 rings (SSSR count). The molecule has 5 heteroatoms. The largest absolute Gasteiger partial charge is 0.368 e. The van der Waals surface area contributed by atoms with Gasteiger partial charge < -0.3 is 5.73 Å². The van der Waals surface area contributed by atoms with Crippen LogP contribution in [0.2, 0.25) is 0 Å². The van der Waals surface area contributed by atoms with Gasteiger partial charge in [-0.3, -0.25) is 20.1 Å². The summed E-state index contributed by atoms with van der Waals surface area (Å²) in [5.41, 5.74) is 6.06. The van der Waals surface area contributed by atoms with E-state index in [-0.39, 0.29) is 17.9 Å². The van der Waals surface area contributed by atoms with Crippen molar-refractivity contribution >= 4 is 5.91 Å². The Hall–Kier alpha value is -1.49. The Labute approximate surface area is 89.1 Å². The summed E-state index contributed by atoms with van der Waals surface area (Å²) >= 11 is 0. The number of hydrogen-bond acceptors (Lipinski definition) is 4. The van der Waals surface area contributed by atoms with Crippen LogP contribution >= 0.6 is 0 Å². The van der Waals surface area contributed by atoms with Gasteiger partial charge in [-0.1, -0.05) is 13.8 Å². The summed E-state index contributed by atoms with van der Waals surface area (Å²) in [6, 6.07) is -0.327. The van der Waals surface area contributed by atoms with E-state index in [1.54, 1.807) is 18.6 Å². The zero-order chi connectivity index (χ0) is 11.3. The highest BCUT2D eigenvalue weighted by molar-refractivity contribution is 5.80. The molecule has 0 spiro atoms. The van der Waals surface area contributed by atoms with E-state index in [1.807, 2.05) is 13.8 Å². The molecule has 15 heavy (non-hydrogen) atoms. The molecule has 1 atom stereocenters. The lowest BCUT2D eigenvalue weighted by Gasteiger charge is -2.18. The first-order valence-electron chi connectivity index (χ1n) is 4.89. The topological polar surface area (TPSA) is 80.9 Å². The van der Waals surface area contributed by atoms with Crippen LogP contribution in [0.1, 0.15) is 19.5 Å². The first-order chi connectivity index (χ1) is 7.11. The zero-order valence-corrected chi connectivity index (χ0v) is 8.97. The quantitative estimate of drug-likeness (QED) is 0.718. The average molecular weight is 208 g/mol. The summed E-state index contributed by atoms with van der Waals surface area (Å²) in [7, 11) is 0. The van der Waals surface area contributed by atoms with Gasteiger partial charge in [0.2, 0.25) is 5.91 Å². The monoisotopic (exact) mass is 208 g/mol. The van der Waals surface area contributed by atoms with Crippen molar-refractivity contribution in [1.29, 1.82) is 0 Å². The van der Waals surface area contributed by atoms with Crippen LogP contribution in [0.15, 0.2) is 18.6 Å². The first-order valence-corrected chi connectivity index (χ1v) is 4.89. The molecule has 1 heterocycles. The van der Waals surface area contributed by atoms with Crippen molar-refractivity contribution < 1.29 is 4.79 Å². The molecule has 5 nitrogen and oxygen atoms in total. The molecule has 0 fully saturated rings. The van der Waals surface area contributed by atoms with Crippen molar-refractivity contribution in [1.82, 2.24) is 15.3 Å². The molecule has 0 bridgehead atoms. The highest BCUT2D eigenvalue weighted by atomic mass is 16.1. The number of hydrogen-bond donors (Lipinski definition) is 2. The van der Waals surface area contributed by atoms with Crippen molar-refractivity contribution in [3.8, 4) is 0 Å². The number of nitrogens with one attached hydrogen (secondary N) is 1. The molecule has 1 aromatic rings. The number of carbonyl (C=O) groups excluding carboxylic acids is 1. The van der Waals surface area contributed by atoms with E-state index < -0.39 is 0 Å². The molecule has 0 saturated carbocycles. The predicted octanol–water partition coefficient (Wildman–Crippen LogP) is 0.0761. The van der Waals surface area contributed by atoms with Gasteiger partial charge in [-0.05, 0) is 5.92 Å². The zero-order valence-electron chi connectivity index (χ0n) is 8.97. The van der Waals surface area contributed by atoms with Gasteiger partial charge in [-0.15, -0.1) is 0 Å². The standard InChI is InChI=1S/C10H16N4O/c1-7(2)9(10(11)15)14-6-8-5-12-3-4-13-8/h3-5,7,9,14H,6H2,1-2H3,(H2,11,15). The molecule has 1 unspecified atom stereocenters. The molecule has 1 amide bonds. The highest BCUT2D eigenvalue weighted by Gasteiger charge is 2.18. The molecular formula is C10H16N4O. The number of nitrogens with zero attached hydrogens (tertiary/aromatic N) is 2. The van der Waals surface area contributed by atoms with Crippen molar-refractivity contribution in [2.75, 3.05) is 0 Å². The Morgan fingerprint density at radius 3 is 2.73 bits per heavy atom. The fourth-order valence-corrected chi connectivity index (χ4v) is 1.30. The molecular weight excluding hydrogens is 192 g/mol. The SMILES string of the molecule is CC(C)C(NCc1cnccn1)C(N)=O. The van der Waals surface area contributed by atoms with Crippen LogP contribution < -0.4 is 11.1 Å². The van der Waals surface area contributed by atoms with E-state index in [4.69, 9.17) is 5.73 Å². The Balaban J connectivity index is 2.51. The third-order valence-corrected chi connectivity index (χ3v) is 2.09. The van der Waals surface area contributed by atoms with E-state index in [2.05, 4.69) is 15.3 Å². The molecule has 0 aliphatic carbocycles. The smallest absolute Gasteiger partial charge is 0.234 e. The van der Waals surface area contributed by atoms with Crippen molar-refractivity contribution in [2.45, 2.75) is 26.4 Å². The molecule has 0 aliphatic rings. The van der Waals surface area contributed by atoms with E-state index >= 15 is 0 Å². The molecule has 0 saturated heterocycles. The van der Waals surface area contributed by atoms with Gasteiger partial charge in [0.15, 0.2) is 0 Å². The third kappa shape index (κ3) is 3.63. The maximum Gasteiger partial charge on any atom is 0.234 e. The van der Waals surface area contributed by atoms with Gasteiger partial charge in [0.05, 0.1) is 11.7 Å². The van der Waals surface area contributed by atoms with E-state index in [9.17, 15) is 4.79 Å². The molecule has 3 N–H and O–H groups in total. The van der Waals surface area contributed by atoms with Crippen molar-refractivity contribution in [3.63, 3.8) is 0 Å². The number of rotatable bonds is 5. The highest BCUT2D eigenvalue weighted by Crippen LogP contribution is 2.01. The fourth-order valence-electron chi connectivity index (χ4n) is 1.30. The maximum atomic E-state index is 11.1. The van der Waals surface area contributed by atoms with Crippen molar-refractivity contribution in [3.05, 3.63) is 24.3 Å². The second kappa shape index (κ2) is 5.41. The summed E-state index contributed by atoms with van der Waals surface area (Å²) < 4.78 is 0. The normalized spacial score (nSPS) is 12.7. The number of primary amides is 1. The summed E-state index contributed by atoms with van der Waals surface area (Å²) in [5, 5.41) is 3.06. The van der Waals surface area contributed by atoms with Gasteiger partial charge in [0, 0.05) is 25.1 Å². The lowest BCUT2D eigenvalue weighted by molar-refractivity contribution is -0.121. The maximum absolute atomic E-state index is 11.1. The summed E-state index contributed by atoms with van der Waals surface area (Å²) in [6.07, 6.45) is 4.88. The molecule has 0 aromatic carbocycles. The summed E-state index contributed by atoms with van der Waals surface area (Å²) in [6.45, 7) is 4.39. The van der Waals surface area contributed by atoms with Crippen molar-refractivity contribution in [2.24, 2.45) is 11.7 Å². The van der Waals surface area contributed by atoms with Crippen LogP contribution in [0.3, 0.4) is 0 Å². The van der Waals surface area contributed by atoms with Crippen LogP contribution in [0.5, 0.6) is 0 Å². The molecule has 1 aromatic heterocycles. The Morgan fingerprint density at radius 1 is 1.53 bits per heavy atom. The minimum absolute atomic E-state index is 0.166. The number of amides is 1. The van der Waals surface area contributed by atoms with E-state index in [1.165, 1.54) is 0 Å². The summed E-state index contributed by atoms with van der Waals surface area (Å²) in [5.74, 6) is -0.173. The lowest BCUT2D eigenvalue weighted by atomic mass is 10.0. The predicted molar refractivity (Wildman–Crippen MR) is 56.7 cm³/mol. The first kappa shape index (κ1) is 11.6. The Bertz CT molecular complexity index is 312. The van der Waals surface area contributed by atoms with Crippen LogP contribution in [0, 0.1) is 5.92 Å². The van der Waals surface area contributed by atoms with E-state index in [0.29, 0.717) is 6.54 Å². The van der Waals surface area contributed by atoms with Crippen LogP contribution in [-0.4, -0.2) is 21.9 Å². The Kier molecular flexibility index (Phi) is 4.17. The Morgan fingerprint density at radius 2 is 2.27 bits per heavy atom. The fraction of sp³-hybridized carbons (Fsp3) is 0.500. The van der Waals surface area contributed by atoms with Crippen LogP contribution in [0.4, 0.5) is 0 Å². The second-order valence-corrected chi connectivity index (χ2v) is 3.70. The van der Waals surface area contributed by atoms with Crippen LogP contribution in [-0.2, 0) is 11.3 Å². The summed E-state index contributed by atoms with van der Waals surface area (Å²) in [4.78, 5) is 19.1. The number of nitrogens with two attached hydrogens (primary N) is 1. The minimum Gasteiger partial charge on any atom is -0.368 e. The van der Waals surface area contributed by atoms with Gasteiger partial charge in [-0.2, -0.15) is 0 Å². The van der Waals surface area contributed by atoms with Gasteiger partial charge in [-0.25, -0.2) is 0 Å². The van der Waals surface area contributed by atoms with Gasteiger partial charge in [0.25, 0.3) is 0 Å². The van der Waals surface area contributed by atoms with E-state index in [0.717, 1.165) is 5.69 Å². The molecule has 0 aliphatic heterocycles. The molecule has 0 radical (unpaired) electrons. The van der Waals surface area contributed by atoms with Gasteiger partial charge in [0.1, 0.15) is 0 Å². The number of aromatic nitrogens is 2. The third-order valence-electron chi connectivity index (χ3n) is 2.09. The average Bonchev–Trinajstić information content (AvgIpc) is 2.18. The second-order valence-electron chi connectivity index (χ2n) is 3.70. The lowest BCUT2D eigenvalue weighted by Crippen LogP contribution is -2.44. The minimum atomic E-state index is -0.339. The van der Waals surface area contributed by atoms with Crippen LogP contribution in [0.25, 0.3) is 0 Å². The molecule has 82 valence electrons.